The number of amides is 3. The fraction of sp³-hybridized carbons (Fsp3) is 0.548. The van der Waals surface area contributed by atoms with Crippen molar-refractivity contribution in [2.24, 2.45) is 0 Å². The number of benzene rings is 1. The van der Waals surface area contributed by atoms with E-state index in [0.717, 1.165) is 24.2 Å². The highest BCUT2D eigenvalue weighted by atomic mass is 31.2. The van der Waals surface area contributed by atoms with Crippen LogP contribution in [0.15, 0.2) is 42.5 Å². The maximum absolute atomic E-state index is 13.9. The molecular formula is C31H44N5O8P. The minimum Gasteiger partial charge on any atom is -0.450 e. The van der Waals surface area contributed by atoms with Crippen LogP contribution in [0.1, 0.15) is 37.7 Å². The number of hydrogen-bond acceptors (Lipinski definition) is 10. The van der Waals surface area contributed by atoms with E-state index in [9.17, 15) is 18.9 Å². The molecule has 2 unspecified atom stereocenters. The van der Waals surface area contributed by atoms with Crippen LogP contribution in [0.4, 0.5) is 10.5 Å². The third kappa shape index (κ3) is 9.03. The Morgan fingerprint density at radius 3 is 2.22 bits per heavy atom. The van der Waals surface area contributed by atoms with Gasteiger partial charge in [-0.2, -0.15) is 0 Å². The van der Waals surface area contributed by atoms with Crippen LogP contribution in [-0.4, -0.2) is 117 Å². The van der Waals surface area contributed by atoms with Crippen molar-refractivity contribution in [3.63, 3.8) is 0 Å². The number of hydrogen-bond donors (Lipinski definition) is 1. The van der Waals surface area contributed by atoms with Gasteiger partial charge >= 0.3 is 13.7 Å². The van der Waals surface area contributed by atoms with E-state index in [0.29, 0.717) is 12.2 Å². The minimum absolute atomic E-state index is 0.0770. The molecule has 1 N–H and O–H groups in total. The smallest absolute Gasteiger partial charge is 0.409 e. The standard InChI is InChI=1S/C31H44N5O8P/c1-5-42-31(39)35-17-15-34(16-18-35)30(38)28(22-45(40,43-6-2)44-7-3)33-29(37)27-20-24(36-14-13-25(21-36)41-4)19-26(32-27)23-11-9-8-10-12-23/h8-12,19-20,25,28H,5-7,13-18,21-22H2,1-4H3,(H,33,37). The molecule has 2 fully saturated rings. The number of piperazine rings is 1. The topological polar surface area (TPSA) is 140 Å². The van der Waals surface area contributed by atoms with E-state index < -0.39 is 31.5 Å². The number of rotatable bonds is 13. The summed E-state index contributed by atoms with van der Waals surface area (Å²) in [6, 6.07) is 11.9. The summed E-state index contributed by atoms with van der Waals surface area (Å²) in [6.07, 6.45) is 0.130. The van der Waals surface area contributed by atoms with Crippen LogP contribution in [-0.2, 0) is 27.9 Å². The second-order valence-electron chi connectivity index (χ2n) is 10.7. The van der Waals surface area contributed by atoms with Crippen LogP contribution in [0.5, 0.6) is 0 Å². The molecule has 14 heteroatoms. The van der Waals surface area contributed by atoms with Crippen LogP contribution in [0, 0.1) is 0 Å². The van der Waals surface area contributed by atoms with E-state index in [1.165, 1.54) is 9.80 Å². The van der Waals surface area contributed by atoms with Crippen LogP contribution >= 0.6 is 7.60 Å². The van der Waals surface area contributed by atoms with Crippen LogP contribution in [0.3, 0.4) is 0 Å². The number of ether oxygens (including phenoxy) is 2. The highest BCUT2D eigenvalue weighted by molar-refractivity contribution is 7.54. The Balaban J connectivity index is 1.62. The first kappa shape index (κ1) is 34.4. The van der Waals surface area contributed by atoms with Crippen molar-refractivity contribution >= 4 is 31.2 Å². The third-order valence-corrected chi connectivity index (χ3v) is 9.85. The van der Waals surface area contributed by atoms with Gasteiger partial charge in [0.2, 0.25) is 5.91 Å². The molecule has 3 heterocycles. The predicted molar refractivity (Wildman–Crippen MR) is 169 cm³/mol. The summed E-state index contributed by atoms with van der Waals surface area (Å²) < 4.78 is 35.2. The summed E-state index contributed by atoms with van der Waals surface area (Å²) in [6.45, 7) is 7.95. The van der Waals surface area contributed by atoms with E-state index in [1.807, 2.05) is 36.4 Å². The van der Waals surface area contributed by atoms with Crippen molar-refractivity contribution in [2.75, 3.05) is 77.3 Å². The van der Waals surface area contributed by atoms with E-state index in [1.54, 1.807) is 33.9 Å². The predicted octanol–water partition coefficient (Wildman–Crippen LogP) is 3.64. The largest absolute Gasteiger partial charge is 0.450 e. The number of carbonyl (C=O) groups is 3. The van der Waals surface area contributed by atoms with Crippen LogP contribution in [0.2, 0.25) is 0 Å². The second kappa shape index (κ2) is 16.2. The summed E-state index contributed by atoms with van der Waals surface area (Å²) in [4.78, 5) is 49.9. The lowest BCUT2D eigenvalue weighted by molar-refractivity contribution is -0.134. The summed E-state index contributed by atoms with van der Waals surface area (Å²) in [5.74, 6) is -1.05. The summed E-state index contributed by atoms with van der Waals surface area (Å²) >= 11 is 0. The zero-order valence-electron chi connectivity index (χ0n) is 26.5. The van der Waals surface area contributed by atoms with Gasteiger partial charge in [0, 0.05) is 57.6 Å². The van der Waals surface area contributed by atoms with E-state index in [4.69, 9.17) is 18.5 Å². The molecular weight excluding hydrogens is 601 g/mol. The first-order chi connectivity index (χ1) is 21.7. The van der Waals surface area contributed by atoms with Gasteiger partial charge in [-0.3, -0.25) is 14.2 Å². The van der Waals surface area contributed by atoms with Gasteiger partial charge in [-0.25, -0.2) is 9.78 Å². The number of pyridine rings is 1. The monoisotopic (exact) mass is 645 g/mol. The van der Waals surface area contributed by atoms with Crippen molar-refractivity contribution < 1.29 is 37.5 Å². The van der Waals surface area contributed by atoms with Crippen molar-refractivity contribution in [3.8, 4) is 11.3 Å². The lowest BCUT2D eigenvalue weighted by Crippen LogP contribution is -2.57. The Hall–Kier alpha value is -3.51. The fourth-order valence-corrected chi connectivity index (χ4v) is 7.22. The molecule has 0 aliphatic carbocycles. The van der Waals surface area contributed by atoms with Gasteiger partial charge in [-0.15, -0.1) is 0 Å². The zero-order chi connectivity index (χ0) is 32.4. The Morgan fingerprint density at radius 1 is 0.956 bits per heavy atom. The number of nitrogens with zero attached hydrogens (tertiary/aromatic N) is 4. The first-order valence-electron chi connectivity index (χ1n) is 15.4. The Labute approximate surface area is 264 Å². The molecule has 0 spiro atoms. The lowest BCUT2D eigenvalue weighted by atomic mass is 10.1. The molecule has 1 aromatic carbocycles. The van der Waals surface area contributed by atoms with Crippen LogP contribution in [0.25, 0.3) is 11.3 Å². The molecule has 4 rings (SSSR count). The number of anilines is 1. The highest BCUT2D eigenvalue weighted by Gasteiger charge is 2.37. The maximum Gasteiger partial charge on any atom is 0.409 e. The van der Waals surface area contributed by atoms with Gasteiger partial charge in [0.1, 0.15) is 11.7 Å². The molecule has 45 heavy (non-hydrogen) atoms. The number of nitrogens with one attached hydrogen (secondary N) is 1. The van der Waals surface area contributed by atoms with Crippen molar-refractivity contribution in [3.05, 3.63) is 48.2 Å². The Kier molecular flexibility index (Phi) is 12.3. The molecule has 1 aromatic heterocycles. The van der Waals surface area contributed by atoms with Crippen LogP contribution < -0.4 is 10.2 Å². The lowest BCUT2D eigenvalue weighted by Gasteiger charge is -2.36. The Morgan fingerprint density at radius 2 is 1.62 bits per heavy atom. The van der Waals surface area contributed by atoms with Crippen molar-refractivity contribution in [2.45, 2.75) is 39.3 Å². The Bertz CT molecular complexity index is 1340. The average molecular weight is 646 g/mol. The molecule has 3 amide bonds. The average Bonchev–Trinajstić information content (AvgIpc) is 3.54. The number of methoxy groups -OCH3 is 1. The van der Waals surface area contributed by atoms with Gasteiger partial charge in [-0.1, -0.05) is 30.3 Å². The van der Waals surface area contributed by atoms with Gasteiger partial charge in [0.15, 0.2) is 0 Å². The summed E-state index contributed by atoms with van der Waals surface area (Å²) in [5, 5.41) is 2.80. The quantitative estimate of drug-likeness (QED) is 0.321. The molecule has 246 valence electrons. The SMILES string of the molecule is CCOC(=O)N1CCN(C(=O)C(CP(=O)(OCC)OCC)NC(=O)c2cc(N3CCC(OC)C3)cc(-c3ccccc3)n2)CC1. The molecule has 13 nitrogen and oxygen atoms in total. The molecule has 2 aliphatic heterocycles. The minimum atomic E-state index is -3.75. The molecule has 2 atom stereocenters. The summed E-state index contributed by atoms with van der Waals surface area (Å²) in [7, 11) is -2.06. The highest BCUT2D eigenvalue weighted by Crippen LogP contribution is 2.48. The molecule has 0 bridgehead atoms. The molecule has 2 aliphatic rings. The van der Waals surface area contributed by atoms with Gasteiger partial charge in [0.05, 0.1) is 37.8 Å². The second-order valence-corrected chi connectivity index (χ2v) is 12.8. The fourth-order valence-electron chi connectivity index (χ4n) is 5.45. The third-order valence-electron chi connectivity index (χ3n) is 7.73. The number of carbonyl (C=O) groups excluding carboxylic acids is 3. The molecule has 2 saturated heterocycles. The molecule has 2 aromatic rings. The first-order valence-corrected chi connectivity index (χ1v) is 17.2. The van der Waals surface area contributed by atoms with E-state index in [2.05, 4.69) is 15.2 Å². The number of aromatic nitrogens is 1. The van der Waals surface area contributed by atoms with Gasteiger partial charge in [0.25, 0.3) is 5.91 Å². The van der Waals surface area contributed by atoms with Gasteiger partial charge < -0.3 is 38.5 Å². The van der Waals surface area contributed by atoms with E-state index in [-0.39, 0.29) is 64.0 Å². The summed E-state index contributed by atoms with van der Waals surface area (Å²) in [5.41, 5.74) is 2.35. The van der Waals surface area contributed by atoms with Gasteiger partial charge in [-0.05, 0) is 39.3 Å². The zero-order valence-corrected chi connectivity index (χ0v) is 27.4. The normalized spacial score (nSPS) is 17.7. The molecule has 0 radical (unpaired) electrons. The maximum atomic E-state index is 13.9. The van der Waals surface area contributed by atoms with Crippen molar-refractivity contribution in [1.29, 1.82) is 0 Å². The van der Waals surface area contributed by atoms with E-state index >= 15 is 0 Å². The molecule has 0 saturated carbocycles. The van der Waals surface area contributed by atoms with Crippen molar-refractivity contribution in [1.82, 2.24) is 20.1 Å².